The molecular weight excluding hydrogens is 253 g/mol. The number of rotatable bonds is 0. The molecule has 0 unspecified atom stereocenters. The summed E-state index contributed by atoms with van der Waals surface area (Å²) >= 11 is 9.24. The van der Waals surface area contributed by atoms with Crippen molar-refractivity contribution >= 4 is 33.0 Å². The molecule has 0 aromatic carbocycles. The van der Waals surface area contributed by atoms with Crippen molar-refractivity contribution in [2.75, 3.05) is 0 Å². The van der Waals surface area contributed by atoms with Crippen molar-refractivity contribution < 1.29 is 0 Å². The predicted octanol–water partition coefficient (Wildman–Crippen LogP) is 2.62. The highest BCUT2D eigenvalue weighted by Crippen LogP contribution is 2.25. The molecule has 0 N–H and O–H groups in total. The smallest absolute Gasteiger partial charge is 0.142 e. The SMILES string of the molecule is N#Cc1ccc(Cl)c2c(Br)cnn12. The number of hydrogen-bond donors (Lipinski definition) is 0. The van der Waals surface area contributed by atoms with Gasteiger partial charge in [-0.25, -0.2) is 4.52 Å². The molecule has 2 aromatic heterocycles. The summed E-state index contributed by atoms with van der Waals surface area (Å²) in [6.45, 7) is 0. The molecule has 0 aliphatic heterocycles. The molecule has 13 heavy (non-hydrogen) atoms. The minimum Gasteiger partial charge on any atom is -0.220 e. The molecule has 0 fully saturated rings. The van der Waals surface area contributed by atoms with Gasteiger partial charge in [-0.05, 0) is 28.1 Å². The Hall–Kier alpha value is -1.05. The summed E-state index contributed by atoms with van der Waals surface area (Å²) in [7, 11) is 0. The average Bonchev–Trinajstić information content (AvgIpc) is 2.50. The van der Waals surface area contributed by atoms with E-state index in [1.54, 1.807) is 18.3 Å². The van der Waals surface area contributed by atoms with Gasteiger partial charge in [0.1, 0.15) is 17.3 Å². The molecule has 2 aromatic rings. The largest absolute Gasteiger partial charge is 0.220 e. The second kappa shape index (κ2) is 3.02. The van der Waals surface area contributed by atoms with E-state index in [0.717, 1.165) is 9.99 Å². The molecule has 0 saturated carbocycles. The lowest BCUT2D eigenvalue weighted by molar-refractivity contribution is 0.941. The molecule has 0 amide bonds. The van der Waals surface area contributed by atoms with Gasteiger partial charge < -0.3 is 0 Å². The molecule has 0 atom stereocenters. The lowest BCUT2D eigenvalue weighted by atomic mass is 10.3. The van der Waals surface area contributed by atoms with Gasteiger partial charge in [0.2, 0.25) is 0 Å². The number of hydrogen-bond acceptors (Lipinski definition) is 2. The zero-order chi connectivity index (χ0) is 9.42. The highest BCUT2D eigenvalue weighted by atomic mass is 79.9. The third-order valence-electron chi connectivity index (χ3n) is 1.68. The van der Waals surface area contributed by atoms with E-state index in [0.29, 0.717) is 10.7 Å². The zero-order valence-electron chi connectivity index (χ0n) is 6.33. The van der Waals surface area contributed by atoms with E-state index in [2.05, 4.69) is 21.0 Å². The Kier molecular flexibility index (Phi) is 1.98. The number of nitrogens with zero attached hydrogens (tertiary/aromatic N) is 3. The van der Waals surface area contributed by atoms with E-state index < -0.39 is 0 Å². The summed E-state index contributed by atoms with van der Waals surface area (Å²) in [6.07, 6.45) is 1.61. The topological polar surface area (TPSA) is 41.1 Å². The number of nitriles is 1. The molecule has 5 heteroatoms. The van der Waals surface area contributed by atoms with E-state index in [1.165, 1.54) is 4.52 Å². The van der Waals surface area contributed by atoms with Gasteiger partial charge in [-0.3, -0.25) is 0 Å². The normalized spacial score (nSPS) is 10.2. The van der Waals surface area contributed by atoms with Crippen LogP contribution < -0.4 is 0 Å². The lowest BCUT2D eigenvalue weighted by Crippen LogP contribution is -1.93. The number of fused-ring (bicyclic) bond motifs is 1. The molecule has 2 rings (SSSR count). The average molecular weight is 256 g/mol. The first-order chi connectivity index (χ1) is 6.24. The van der Waals surface area contributed by atoms with E-state index >= 15 is 0 Å². The summed E-state index contributed by atoms with van der Waals surface area (Å²) in [5, 5.41) is 13.4. The fourth-order valence-electron chi connectivity index (χ4n) is 1.11. The first-order valence-corrected chi connectivity index (χ1v) is 4.63. The van der Waals surface area contributed by atoms with Gasteiger partial charge in [-0.2, -0.15) is 10.4 Å². The first kappa shape index (κ1) is 8.54. The summed E-state index contributed by atoms with van der Waals surface area (Å²) < 4.78 is 2.29. The third kappa shape index (κ3) is 1.21. The van der Waals surface area contributed by atoms with Crippen molar-refractivity contribution in [3.05, 3.63) is 33.5 Å². The Morgan fingerprint density at radius 3 is 3.00 bits per heavy atom. The van der Waals surface area contributed by atoms with Gasteiger partial charge >= 0.3 is 0 Å². The Morgan fingerprint density at radius 2 is 2.31 bits per heavy atom. The lowest BCUT2D eigenvalue weighted by Gasteiger charge is -1.98. The summed E-state index contributed by atoms with van der Waals surface area (Å²) in [5.74, 6) is 0. The minimum atomic E-state index is 0.463. The zero-order valence-corrected chi connectivity index (χ0v) is 8.67. The first-order valence-electron chi connectivity index (χ1n) is 3.46. The summed E-state index contributed by atoms with van der Waals surface area (Å²) in [6, 6.07) is 5.35. The van der Waals surface area contributed by atoms with E-state index in [9.17, 15) is 0 Å². The summed E-state index contributed by atoms with van der Waals surface area (Å²) in [5.41, 5.74) is 1.19. The molecule has 64 valence electrons. The quantitative estimate of drug-likeness (QED) is 0.727. The summed E-state index contributed by atoms with van der Waals surface area (Å²) in [4.78, 5) is 0. The van der Waals surface area contributed by atoms with Crippen molar-refractivity contribution in [3.8, 4) is 6.07 Å². The van der Waals surface area contributed by atoms with E-state index in [1.807, 2.05) is 6.07 Å². The number of pyridine rings is 1. The molecule has 0 aliphatic carbocycles. The molecule has 3 nitrogen and oxygen atoms in total. The maximum absolute atomic E-state index is 8.77. The van der Waals surface area contributed by atoms with Crippen LogP contribution in [0.2, 0.25) is 5.02 Å². The van der Waals surface area contributed by atoms with Gasteiger partial charge in [0.15, 0.2) is 0 Å². The van der Waals surface area contributed by atoms with Gasteiger partial charge in [-0.15, -0.1) is 0 Å². The van der Waals surface area contributed by atoms with Crippen LogP contribution in [-0.2, 0) is 0 Å². The van der Waals surface area contributed by atoms with Crippen LogP contribution in [0.5, 0.6) is 0 Å². The molecule has 2 heterocycles. The second-order valence-corrected chi connectivity index (χ2v) is 3.69. The standard InChI is InChI=1S/C8H3BrClN3/c9-6-4-12-13-5(3-11)1-2-7(10)8(6)13/h1-2,4H. The van der Waals surface area contributed by atoms with Crippen molar-refractivity contribution in [1.29, 1.82) is 5.26 Å². The Bertz CT molecular complexity index is 512. The maximum Gasteiger partial charge on any atom is 0.142 e. The highest BCUT2D eigenvalue weighted by molar-refractivity contribution is 9.10. The van der Waals surface area contributed by atoms with E-state index in [4.69, 9.17) is 16.9 Å². The van der Waals surface area contributed by atoms with Crippen molar-refractivity contribution in [2.24, 2.45) is 0 Å². The molecule has 0 aliphatic rings. The Morgan fingerprint density at radius 1 is 1.54 bits per heavy atom. The molecule has 0 spiro atoms. The monoisotopic (exact) mass is 255 g/mol. The Balaban J connectivity index is 2.97. The van der Waals surface area contributed by atoms with Crippen molar-refractivity contribution in [3.63, 3.8) is 0 Å². The Labute approximate surface area is 87.7 Å². The number of aromatic nitrogens is 2. The van der Waals surface area contributed by atoms with Crippen LogP contribution in [0.15, 0.2) is 22.8 Å². The molecule has 0 saturated heterocycles. The highest BCUT2D eigenvalue weighted by Gasteiger charge is 2.08. The van der Waals surface area contributed by atoms with Crippen LogP contribution in [-0.4, -0.2) is 9.61 Å². The third-order valence-corrected chi connectivity index (χ3v) is 2.57. The van der Waals surface area contributed by atoms with Gasteiger partial charge in [0.05, 0.1) is 15.7 Å². The minimum absolute atomic E-state index is 0.463. The van der Waals surface area contributed by atoms with Crippen molar-refractivity contribution in [1.82, 2.24) is 9.61 Å². The maximum atomic E-state index is 8.77. The molecule has 0 radical (unpaired) electrons. The predicted molar refractivity (Wildman–Crippen MR) is 52.6 cm³/mol. The van der Waals surface area contributed by atoms with Crippen LogP contribution in [0.25, 0.3) is 5.52 Å². The fraction of sp³-hybridized carbons (Fsp3) is 0. The van der Waals surface area contributed by atoms with Crippen LogP contribution >= 0.6 is 27.5 Å². The second-order valence-electron chi connectivity index (χ2n) is 2.43. The van der Waals surface area contributed by atoms with Crippen LogP contribution in [0.1, 0.15) is 5.69 Å². The van der Waals surface area contributed by atoms with Gasteiger partial charge in [-0.1, -0.05) is 11.6 Å². The number of halogens is 2. The van der Waals surface area contributed by atoms with Crippen LogP contribution in [0.3, 0.4) is 0 Å². The van der Waals surface area contributed by atoms with Crippen LogP contribution in [0, 0.1) is 11.3 Å². The van der Waals surface area contributed by atoms with Gasteiger partial charge in [0, 0.05) is 0 Å². The molecular formula is C8H3BrClN3. The van der Waals surface area contributed by atoms with Crippen LogP contribution in [0.4, 0.5) is 0 Å². The van der Waals surface area contributed by atoms with Crippen molar-refractivity contribution in [2.45, 2.75) is 0 Å². The fourth-order valence-corrected chi connectivity index (χ4v) is 1.94. The van der Waals surface area contributed by atoms with Gasteiger partial charge in [0.25, 0.3) is 0 Å². The van der Waals surface area contributed by atoms with E-state index in [-0.39, 0.29) is 0 Å². The molecule has 0 bridgehead atoms.